The Hall–Kier alpha value is -4.19. The fourth-order valence-electron chi connectivity index (χ4n) is 4.16. The maximum atomic E-state index is 13.2. The van der Waals surface area contributed by atoms with Crippen molar-refractivity contribution in [3.8, 4) is 5.75 Å². The second-order valence-corrected chi connectivity index (χ2v) is 8.73. The van der Waals surface area contributed by atoms with Crippen molar-refractivity contribution in [3.05, 3.63) is 114 Å². The van der Waals surface area contributed by atoms with Crippen LogP contribution < -0.4 is 4.74 Å². The Morgan fingerprint density at radius 3 is 2.31 bits per heavy atom. The average Bonchev–Trinajstić information content (AvgIpc) is 3.13. The highest BCUT2D eigenvalue weighted by Crippen LogP contribution is 2.40. The van der Waals surface area contributed by atoms with Gasteiger partial charge in [0.15, 0.2) is 0 Å². The third-order valence-corrected chi connectivity index (χ3v) is 6.06. The highest BCUT2D eigenvalue weighted by molar-refractivity contribution is 6.46. The monoisotopic (exact) mass is 468 g/mol. The summed E-state index contributed by atoms with van der Waals surface area (Å²) < 4.78 is 5.51. The molecule has 1 saturated heterocycles. The number of nitrogens with zero attached hydrogens (tertiary/aromatic N) is 2. The number of carbonyl (C=O) groups is 2. The van der Waals surface area contributed by atoms with Gasteiger partial charge in [0.1, 0.15) is 18.1 Å². The molecule has 1 fully saturated rings. The molecule has 1 aromatic heterocycles. The first-order valence-corrected chi connectivity index (χ1v) is 11.5. The topological polar surface area (TPSA) is 79.7 Å². The molecule has 35 heavy (non-hydrogen) atoms. The number of aliphatic hydroxyl groups is 1. The Labute approximate surface area is 205 Å². The summed E-state index contributed by atoms with van der Waals surface area (Å²) in [6, 6.07) is 17.5. The lowest BCUT2D eigenvalue weighted by atomic mass is 9.93. The molecule has 6 heteroatoms. The maximum absolute atomic E-state index is 13.2. The quantitative estimate of drug-likeness (QED) is 0.207. The molecule has 0 saturated carbocycles. The van der Waals surface area contributed by atoms with Gasteiger partial charge >= 0.3 is 0 Å². The van der Waals surface area contributed by atoms with Crippen molar-refractivity contribution in [1.82, 2.24) is 9.88 Å². The van der Waals surface area contributed by atoms with Gasteiger partial charge in [0.25, 0.3) is 11.7 Å². The molecule has 0 radical (unpaired) electrons. The summed E-state index contributed by atoms with van der Waals surface area (Å²) in [5.41, 5.74) is 3.25. The highest BCUT2D eigenvalue weighted by atomic mass is 16.5. The number of pyridine rings is 1. The van der Waals surface area contributed by atoms with Crippen LogP contribution in [-0.2, 0) is 16.1 Å². The first-order chi connectivity index (χ1) is 16.9. The fourth-order valence-corrected chi connectivity index (χ4v) is 4.16. The molecule has 2 aromatic carbocycles. The minimum atomic E-state index is -0.721. The molecular formula is C29H28N2O4. The summed E-state index contributed by atoms with van der Waals surface area (Å²) in [7, 11) is 0. The zero-order valence-electron chi connectivity index (χ0n) is 19.8. The molecule has 0 unspecified atom stereocenters. The number of rotatable bonds is 8. The molecule has 3 aromatic rings. The molecule has 6 nitrogen and oxygen atoms in total. The van der Waals surface area contributed by atoms with Gasteiger partial charge < -0.3 is 14.7 Å². The van der Waals surface area contributed by atoms with E-state index >= 15 is 0 Å². The van der Waals surface area contributed by atoms with E-state index in [1.54, 1.807) is 54.9 Å². The van der Waals surface area contributed by atoms with Crippen LogP contribution in [0.1, 0.15) is 48.1 Å². The van der Waals surface area contributed by atoms with E-state index in [1.807, 2.05) is 24.3 Å². The van der Waals surface area contributed by atoms with Gasteiger partial charge in [-0.15, -0.1) is 0 Å². The van der Waals surface area contributed by atoms with Gasteiger partial charge in [-0.05, 0) is 59.0 Å². The van der Waals surface area contributed by atoms with Crippen LogP contribution in [-0.4, -0.2) is 33.3 Å². The number of aliphatic hydroxyl groups excluding tert-OH is 1. The summed E-state index contributed by atoms with van der Waals surface area (Å²) in [6.45, 7) is 8.41. The van der Waals surface area contributed by atoms with Crippen LogP contribution in [0.2, 0.25) is 0 Å². The third kappa shape index (κ3) is 5.01. The summed E-state index contributed by atoms with van der Waals surface area (Å²) in [4.78, 5) is 31.9. The summed E-state index contributed by atoms with van der Waals surface area (Å²) in [5.74, 6) is -0.614. The number of ether oxygens (including phenoxy) is 1. The first-order valence-electron chi connectivity index (χ1n) is 11.5. The molecule has 1 N–H and O–H groups in total. The molecule has 0 aliphatic carbocycles. The highest BCUT2D eigenvalue weighted by Gasteiger charge is 2.46. The number of Topliss-reactive ketones (excluding diaryl/α,β-unsaturated/α-hetero) is 1. The molecule has 0 bridgehead atoms. The number of hydrogen-bond acceptors (Lipinski definition) is 5. The number of hydrogen-bond donors (Lipinski definition) is 1. The Morgan fingerprint density at radius 2 is 1.71 bits per heavy atom. The van der Waals surface area contributed by atoms with Crippen LogP contribution in [0, 0.1) is 0 Å². The van der Waals surface area contributed by atoms with E-state index in [0.717, 1.165) is 16.7 Å². The largest absolute Gasteiger partial charge is 0.507 e. The summed E-state index contributed by atoms with van der Waals surface area (Å²) in [6.07, 6.45) is 4.94. The number of amides is 1. The molecule has 2 heterocycles. The normalized spacial score (nSPS) is 17.1. The number of aromatic nitrogens is 1. The third-order valence-electron chi connectivity index (χ3n) is 6.06. The van der Waals surface area contributed by atoms with Gasteiger partial charge in [0.05, 0.1) is 11.6 Å². The number of benzene rings is 2. The van der Waals surface area contributed by atoms with Gasteiger partial charge in [-0.2, -0.15) is 0 Å². The minimum Gasteiger partial charge on any atom is -0.507 e. The molecule has 1 atom stereocenters. The van der Waals surface area contributed by atoms with Crippen molar-refractivity contribution in [1.29, 1.82) is 0 Å². The van der Waals surface area contributed by atoms with E-state index in [0.29, 0.717) is 23.8 Å². The van der Waals surface area contributed by atoms with E-state index in [9.17, 15) is 14.7 Å². The van der Waals surface area contributed by atoms with Crippen molar-refractivity contribution >= 4 is 17.4 Å². The van der Waals surface area contributed by atoms with Crippen LogP contribution in [0.4, 0.5) is 0 Å². The van der Waals surface area contributed by atoms with Crippen molar-refractivity contribution in [3.63, 3.8) is 0 Å². The maximum Gasteiger partial charge on any atom is 0.295 e. The first kappa shape index (κ1) is 24.0. The van der Waals surface area contributed by atoms with E-state index in [4.69, 9.17) is 4.74 Å². The van der Waals surface area contributed by atoms with Gasteiger partial charge in [-0.3, -0.25) is 14.6 Å². The van der Waals surface area contributed by atoms with Crippen LogP contribution in [0.25, 0.3) is 5.76 Å². The molecule has 1 amide bonds. The van der Waals surface area contributed by atoms with Gasteiger partial charge in [-0.1, -0.05) is 50.8 Å². The summed E-state index contributed by atoms with van der Waals surface area (Å²) >= 11 is 0. The van der Waals surface area contributed by atoms with E-state index in [1.165, 1.54) is 4.90 Å². The lowest BCUT2D eigenvalue weighted by Crippen LogP contribution is -2.29. The van der Waals surface area contributed by atoms with E-state index in [-0.39, 0.29) is 17.9 Å². The Kier molecular flexibility index (Phi) is 7.11. The summed E-state index contributed by atoms with van der Waals surface area (Å²) in [5, 5.41) is 11.2. The van der Waals surface area contributed by atoms with Crippen molar-refractivity contribution in [2.75, 3.05) is 6.61 Å². The van der Waals surface area contributed by atoms with Crippen LogP contribution >= 0.6 is 0 Å². The predicted octanol–water partition coefficient (Wildman–Crippen LogP) is 5.39. The van der Waals surface area contributed by atoms with Crippen LogP contribution in [0.5, 0.6) is 5.75 Å². The zero-order valence-corrected chi connectivity index (χ0v) is 19.8. The lowest BCUT2D eigenvalue weighted by Gasteiger charge is -2.25. The van der Waals surface area contributed by atoms with Crippen molar-refractivity contribution < 1.29 is 19.4 Å². The number of ketones is 1. The standard InChI is InChI=1S/C29H28N2O4/c1-4-17-35-24-11-9-23(10-12-24)27(32)25-26(22-7-5-21(6-8-22)19(2)3)31(29(34)28(25)33)18-20-13-15-30-16-14-20/h4-16,19,26,32H,1,17-18H2,2-3H3/t26-/m1/s1. The van der Waals surface area contributed by atoms with Gasteiger partial charge in [-0.25, -0.2) is 0 Å². The lowest BCUT2D eigenvalue weighted by molar-refractivity contribution is -0.140. The SMILES string of the molecule is C=CCOc1ccc(C(O)=C2C(=O)C(=O)N(Cc3ccncc3)[C@@H]2c2ccc(C(C)C)cc2)cc1. The zero-order chi connectivity index (χ0) is 24.9. The molecule has 1 aliphatic heterocycles. The number of carbonyl (C=O) groups excluding carboxylic acids is 2. The molecule has 178 valence electrons. The fraction of sp³-hybridized carbons (Fsp3) is 0.207. The van der Waals surface area contributed by atoms with Gasteiger partial charge in [0, 0.05) is 24.5 Å². The van der Waals surface area contributed by atoms with E-state index < -0.39 is 17.7 Å². The molecular weight excluding hydrogens is 440 g/mol. The minimum absolute atomic E-state index is 0.0705. The molecule has 0 spiro atoms. The smallest absolute Gasteiger partial charge is 0.295 e. The van der Waals surface area contributed by atoms with Crippen LogP contribution in [0.15, 0.2) is 91.3 Å². The average molecular weight is 469 g/mol. The predicted molar refractivity (Wildman–Crippen MR) is 135 cm³/mol. The Bertz CT molecular complexity index is 1250. The van der Waals surface area contributed by atoms with Gasteiger partial charge in [0.2, 0.25) is 0 Å². The molecule has 1 aliphatic rings. The Morgan fingerprint density at radius 1 is 1.06 bits per heavy atom. The van der Waals surface area contributed by atoms with Crippen molar-refractivity contribution in [2.45, 2.75) is 32.4 Å². The number of likely N-dealkylation sites (tertiary alicyclic amines) is 1. The second-order valence-electron chi connectivity index (χ2n) is 8.73. The second kappa shape index (κ2) is 10.4. The van der Waals surface area contributed by atoms with E-state index in [2.05, 4.69) is 25.4 Å². The Balaban J connectivity index is 1.79. The van der Waals surface area contributed by atoms with Crippen molar-refractivity contribution in [2.24, 2.45) is 0 Å². The molecule has 4 rings (SSSR count). The van der Waals surface area contributed by atoms with Crippen LogP contribution in [0.3, 0.4) is 0 Å².